The summed E-state index contributed by atoms with van der Waals surface area (Å²) in [7, 11) is 0. The average Bonchev–Trinajstić information content (AvgIpc) is 3.52. The first-order valence-electron chi connectivity index (χ1n) is 10.8. The Morgan fingerprint density at radius 1 is 1.26 bits per heavy atom. The van der Waals surface area contributed by atoms with Gasteiger partial charge in [-0.3, -0.25) is 4.79 Å². The lowest BCUT2D eigenvalue weighted by Gasteiger charge is -2.12. The molecule has 3 aromatic rings. The number of carbonyl (C=O) groups is 1. The van der Waals surface area contributed by atoms with Crippen LogP contribution >= 0.6 is 24.0 Å². The van der Waals surface area contributed by atoms with Gasteiger partial charge in [0.05, 0.1) is 12.6 Å². The molecule has 35 heavy (non-hydrogen) atoms. The van der Waals surface area contributed by atoms with Crippen LogP contribution in [0.1, 0.15) is 47.6 Å². The van der Waals surface area contributed by atoms with Crippen LogP contribution in [-0.2, 0) is 6.54 Å². The molecule has 1 heterocycles. The smallest absolute Gasteiger partial charge is 0.387 e. The molecule has 1 aliphatic rings. The van der Waals surface area contributed by atoms with Gasteiger partial charge in [0.15, 0.2) is 23.0 Å². The molecular formula is C24H25Cl2F2N3O4. The summed E-state index contributed by atoms with van der Waals surface area (Å²) in [6, 6.07) is 10.9. The van der Waals surface area contributed by atoms with Gasteiger partial charge in [0, 0.05) is 17.1 Å². The first-order chi connectivity index (χ1) is 16.3. The predicted molar refractivity (Wildman–Crippen MR) is 129 cm³/mol. The van der Waals surface area contributed by atoms with Crippen LogP contribution in [0.2, 0.25) is 5.02 Å². The minimum atomic E-state index is -2.99. The molecule has 7 nitrogen and oxygen atoms in total. The number of hydrogen-bond donors (Lipinski definition) is 2. The first kappa shape index (κ1) is 26.7. The van der Waals surface area contributed by atoms with Crippen molar-refractivity contribution in [1.29, 1.82) is 0 Å². The fourth-order valence-corrected chi connectivity index (χ4v) is 3.47. The summed E-state index contributed by atoms with van der Waals surface area (Å²) in [5.41, 5.74) is 7.22. The Kier molecular flexibility index (Phi) is 8.93. The van der Waals surface area contributed by atoms with Crippen molar-refractivity contribution in [3.05, 3.63) is 64.5 Å². The number of hydrogen-bond acceptors (Lipinski definition) is 6. The van der Waals surface area contributed by atoms with Crippen LogP contribution in [0.25, 0.3) is 11.5 Å². The number of nitrogens with one attached hydrogen (secondary N) is 1. The number of oxazole rings is 1. The van der Waals surface area contributed by atoms with Crippen molar-refractivity contribution in [2.24, 2.45) is 11.7 Å². The number of amides is 1. The molecule has 1 amide bonds. The molecule has 0 bridgehead atoms. The highest BCUT2D eigenvalue weighted by atomic mass is 35.5. The molecule has 0 radical (unpaired) electrons. The number of aromatic nitrogens is 1. The Hall–Kier alpha value is -2.88. The van der Waals surface area contributed by atoms with E-state index in [9.17, 15) is 13.6 Å². The second-order valence-corrected chi connectivity index (χ2v) is 8.50. The highest BCUT2D eigenvalue weighted by molar-refractivity contribution is 6.31. The zero-order valence-corrected chi connectivity index (χ0v) is 20.4. The Bertz CT molecular complexity index is 1170. The summed E-state index contributed by atoms with van der Waals surface area (Å²) in [4.78, 5) is 17.2. The Morgan fingerprint density at radius 3 is 2.66 bits per heavy atom. The van der Waals surface area contributed by atoms with E-state index in [0.717, 1.165) is 18.4 Å². The second kappa shape index (κ2) is 11.7. The van der Waals surface area contributed by atoms with Crippen molar-refractivity contribution < 1.29 is 27.5 Å². The standard InChI is InChI=1S/C24H24ClF2N3O4.ClH/c1-13(28)21-20(22(31)29-11-16-4-2-3-5-17(16)25)30-23(34-21)15-8-9-18(33-24(26)27)19(10-15)32-12-14-6-7-14;/h2-5,8-10,13-14,24H,6-7,11-12,28H2,1H3,(H,29,31);1H/t13-;/m0./s1. The molecule has 11 heteroatoms. The van der Waals surface area contributed by atoms with Crippen molar-refractivity contribution in [2.75, 3.05) is 6.61 Å². The van der Waals surface area contributed by atoms with E-state index in [-0.39, 0.29) is 47.8 Å². The molecule has 4 rings (SSSR count). The molecule has 1 aliphatic carbocycles. The van der Waals surface area contributed by atoms with Crippen LogP contribution in [0.4, 0.5) is 8.78 Å². The van der Waals surface area contributed by atoms with E-state index in [1.807, 2.05) is 6.07 Å². The Labute approximate surface area is 212 Å². The molecule has 1 aromatic heterocycles. The number of carbonyl (C=O) groups excluding carboxylic acids is 1. The van der Waals surface area contributed by atoms with E-state index in [1.165, 1.54) is 18.2 Å². The van der Waals surface area contributed by atoms with Crippen LogP contribution in [0.5, 0.6) is 11.5 Å². The van der Waals surface area contributed by atoms with E-state index in [0.29, 0.717) is 23.1 Å². The summed E-state index contributed by atoms with van der Waals surface area (Å²) < 4.78 is 41.7. The van der Waals surface area contributed by atoms with E-state index in [2.05, 4.69) is 15.0 Å². The van der Waals surface area contributed by atoms with Gasteiger partial charge in [0.2, 0.25) is 5.89 Å². The molecule has 3 N–H and O–H groups in total. The number of benzene rings is 2. The lowest BCUT2D eigenvalue weighted by molar-refractivity contribution is -0.0515. The van der Waals surface area contributed by atoms with Crippen LogP contribution in [0.15, 0.2) is 46.9 Å². The molecule has 0 spiro atoms. The largest absolute Gasteiger partial charge is 0.489 e. The molecule has 2 aromatic carbocycles. The topological polar surface area (TPSA) is 99.6 Å². The highest BCUT2D eigenvalue weighted by Crippen LogP contribution is 2.37. The van der Waals surface area contributed by atoms with Crippen LogP contribution < -0.4 is 20.5 Å². The molecular weight excluding hydrogens is 503 g/mol. The molecule has 0 unspecified atom stereocenters. The van der Waals surface area contributed by atoms with E-state index in [1.54, 1.807) is 25.1 Å². The Morgan fingerprint density at radius 2 is 2.00 bits per heavy atom. The SMILES string of the molecule is C[C@H](N)c1oc(-c2ccc(OC(F)F)c(OCC3CC3)c2)nc1C(=O)NCc1ccccc1Cl.Cl. The van der Waals surface area contributed by atoms with E-state index < -0.39 is 18.6 Å². The van der Waals surface area contributed by atoms with Crippen LogP contribution in [0.3, 0.4) is 0 Å². The van der Waals surface area contributed by atoms with Crippen molar-refractivity contribution >= 4 is 29.9 Å². The molecule has 0 aliphatic heterocycles. The average molecular weight is 528 g/mol. The van der Waals surface area contributed by atoms with E-state index in [4.69, 9.17) is 26.5 Å². The monoisotopic (exact) mass is 527 g/mol. The summed E-state index contributed by atoms with van der Waals surface area (Å²) in [5.74, 6) is 0.286. The minimum Gasteiger partial charge on any atom is -0.489 e. The molecule has 1 atom stereocenters. The number of nitrogens with two attached hydrogens (primary N) is 1. The maximum atomic E-state index is 12.9. The van der Waals surface area contributed by atoms with Gasteiger partial charge in [-0.25, -0.2) is 4.98 Å². The molecule has 1 saturated carbocycles. The van der Waals surface area contributed by atoms with Gasteiger partial charge in [-0.2, -0.15) is 8.78 Å². The van der Waals surface area contributed by atoms with Gasteiger partial charge in [-0.15, -0.1) is 12.4 Å². The molecule has 1 fully saturated rings. The fraction of sp³-hybridized carbons (Fsp3) is 0.333. The summed E-state index contributed by atoms with van der Waals surface area (Å²) >= 11 is 6.15. The predicted octanol–water partition coefficient (Wildman–Crippen LogP) is 5.76. The zero-order chi connectivity index (χ0) is 24.2. The normalized spacial score (nSPS) is 13.8. The lowest BCUT2D eigenvalue weighted by atomic mass is 10.2. The van der Waals surface area contributed by atoms with Crippen molar-refractivity contribution in [2.45, 2.75) is 39.0 Å². The van der Waals surface area contributed by atoms with Gasteiger partial charge in [0.1, 0.15) is 0 Å². The second-order valence-electron chi connectivity index (χ2n) is 8.09. The third-order valence-electron chi connectivity index (χ3n) is 5.26. The van der Waals surface area contributed by atoms with Gasteiger partial charge in [-0.1, -0.05) is 29.8 Å². The molecule has 0 saturated heterocycles. The number of alkyl halides is 2. The third kappa shape index (κ3) is 6.84. The minimum absolute atomic E-state index is 0. The van der Waals surface area contributed by atoms with Gasteiger partial charge >= 0.3 is 6.61 Å². The summed E-state index contributed by atoms with van der Waals surface area (Å²) in [6.07, 6.45) is 2.07. The number of halogens is 4. The van der Waals surface area contributed by atoms with Crippen LogP contribution in [-0.4, -0.2) is 24.1 Å². The van der Waals surface area contributed by atoms with E-state index >= 15 is 0 Å². The maximum Gasteiger partial charge on any atom is 0.387 e. The summed E-state index contributed by atoms with van der Waals surface area (Å²) in [5, 5.41) is 3.30. The van der Waals surface area contributed by atoms with Crippen molar-refractivity contribution in [3.63, 3.8) is 0 Å². The summed E-state index contributed by atoms with van der Waals surface area (Å²) in [6.45, 7) is -0.736. The Balaban J connectivity index is 0.00000342. The number of nitrogens with zero attached hydrogens (tertiary/aromatic N) is 1. The van der Waals surface area contributed by atoms with Crippen molar-refractivity contribution in [1.82, 2.24) is 10.3 Å². The van der Waals surface area contributed by atoms with Gasteiger partial charge in [-0.05, 0) is 55.5 Å². The maximum absolute atomic E-state index is 12.9. The lowest BCUT2D eigenvalue weighted by Crippen LogP contribution is -2.25. The highest BCUT2D eigenvalue weighted by Gasteiger charge is 2.26. The van der Waals surface area contributed by atoms with Gasteiger partial charge in [0.25, 0.3) is 5.91 Å². The first-order valence-corrected chi connectivity index (χ1v) is 11.2. The van der Waals surface area contributed by atoms with Gasteiger partial charge < -0.3 is 24.9 Å². The number of ether oxygens (including phenoxy) is 2. The van der Waals surface area contributed by atoms with Crippen molar-refractivity contribution in [3.8, 4) is 23.0 Å². The number of rotatable bonds is 10. The molecule has 188 valence electrons. The fourth-order valence-electron chi connectivity index (χ4n) is 3.27. The zero-order valence-electron chi connectivity index (χ0n) is 18.8. The quantitative estimate of drug-likeness (QED) is 0.347. The third-order valence-corrected chi connectivity index (χ3v) is 5.63. The van der Waals surface area contributed by atoms with Crippen LogP contribution in [0, 0.1) is 5.92 Å².